The van der Waals surface area contributed by atoms with E-state index in [1.807, 2.05) is 0 Å². The summed E-state index contributed by atoms with van der Waals surface area (Å²) in [5.41, 5.74) is 4.03. The molecule has 5 rings (SSSR count). The van der Waals surface area contributed by atoms with Gasteiger partial charge in [0, 0.05) is 10.3 Å². The summed E-state index contributed by atoms with van der Waals surface area (Å²) in [6.45, 7) is 1.55. The van der Waals surface area contributed by atoms with E-state index in [1.165, 1.54) is 30.3 Å². The molecule has 36 heteroatoms. The predicted molar refractivity (Wildman–Crippen MR) is 194 cm³/mol. The molecule has 0 fully saturated rings. The zero-order valence-corrected chi connectivity index (χ0v) is 48.1. The number of fused-ring (bicyclic) bond motifs is 1. The van der Waals surface area contributed by atoms with Gasteiger partial charge in [0.15, 0.2) is 11.4 Å². The first kappa shape index (κ1) is 67.4. The van der Waals surface area contributed by atoms with Crippen molar-refractivity contribution in [1.29, 1.82) is 0 Å². The molecule has 5 aromatic rings. The summed E-state index contributed by atoms with van der Waals surface area (Å²) in [6, 6.07) is 16.6. The minimum absolute atomic E-state index is 0. The van der Waals surface area contributed by atoms with Crippen molar-refractivity contribution in [3.05, 3.63) is 94.5 Å². The predicted octanol–water partition coefficient (Wildman–Crippen LogP) is -11.1. The summed E-state index contributed by atoms with van der Waals surface area (Å²) in [4.78, 5) is 7.12. The molecule has 26 nitrogen and oxygen atoms in total. The molecule has 316 valence electrons. The van der Waals surface area contributed by atoms with E-state index in [1.54, 1.807) is 6.92 Å². The Kier molecular flexibility index (Phi) is 30.3. The molecule has 0 saturated carbocycles. The second-order valence-electron chi connectivity index (χ2n) is 10.7. The minimum Gasteiger partial charge on any atom is -0.754 e. The molecular weight excluding hydrogens is 1020 g/mol. The normalized spacial score (nSPS) is 11.0. The molecule has 0 spiro atoms. The number of nitro benzene ring substituents is 1. The third kappa shape index (κ3) is 20.3. The van der Waals surface area contributed by atoms with Crippen LogP contribution in [0.15, 0.2) is 112 Å². The molecule has 0 heterocycles. The number of hydrogen-bond donors (Lipinski definition) is 2. The number of phenols is 1. The number of benzene rings is 5. The number of nitrogens with two attached hydrogens (primary N) is 1. The van der Waals surface area contributed by atoms with E-state index >= 15 is 0 Å². The van der Waals surface area contributed by atoms with Crippen molar-refractivity contribution in [2.45, 2.75) is 21.6 Å². The van der Waals surface area contributed by atoms with Crippen molar-refractivity contribution in [3.8, 4) is 5.75 Å². The van der Waals surface area contributed by atoms with Crippen molar-refractivity contribution in [3.63, 3.8) is 0 Å². The second-order valence-corrected chi connectivity index (χ2v) is 15.6. The largest absolute Gasteiger partial charge is 1.00 e. The number of nitrogen functional groups attached to an aromatic ring is 1. The average molecular weight is 1040 g/mol. The number of aryl methyl sites for hydroxylation is 1. The summed E-state index contributed by atoms with van der Waals surface area (Å²) in [6.07, 6.45) is 0. The number of rotatable bonds is 10. The van der Waals surface area contributed by atoms with Crippen LogP contribution in [-0.2, 0) is 51.6 Å². The first-order chi connectivity index (χ1) is 27.7. The van der Waals surface area contributed by atoms with Crippen molar-refractivity contribution in [1.82, 2.24) is 0 Å². The Bertz CT molecular complexity index is 3180. The number of anilines is 1. The van der Waals surface area contributed by atoms with Gasteiger partial charge in [0.1, 0.15) is 31.6 Å². The number of phenolic OH excluding ortho intramolecular Hbond substituents is 1. The smallest absolute Gasteiger partial charge is 0.754 e. The van der Waals surface area contributed by atoms with Crippen molar-refractivity contribution >= 4 is 108 Å². The van der Waals surface area contributed by atoms with Gasteiger partial charge in [-0.05, 0) is 59.1 Å². The van der Waals surface area contributed by atoms with Gasteiger partial charge in [0.2, 0.25) is 0 Å². The first-order valence-electron chi connectivity index (χ1n) is 14.8. The summed E-state index contributed by atoms with van der Waals surface area (Å²) in [5, 5.41) is 43.5. The van der Waals surface area contributed by atoms with Crippen LogP contribution in [0.5, 0.6) is 5.75 Å². The van der Waals surface area contributed by atoms with Crippen LogP contribution in [0.2, 0.25) is 0 Å². The van der Waals surface area contributed by atoms with Crippen LogP contribution in [0.3, 0.4) is 0 Å². The van der Waals surface area contributed by atoms with E-state index < -0.39 is 105 Å². The van der Waals surface area contributed by atoms with Crippen molar-refractivity contribution < 1.29 is 222 Å². The third-order valence-electron chi connectivity index (χ3n) is 6.90. The van der Waals surface area contributed by atoms with E-state index in [4.69, 9.17) is 31.0 Å². The Balaban J connectivity index is -0.00000273. The Hall–Kier alpha value is -1.87. The van der Waals surface area contributed by atoms with Gasteiger partial charge in [0.25, 0.3) is 0 Å². The Morgan fingerprint density at radius 1 is 0.646 bits per heavy atom. The van der Waals surface area contributed by atoms with E-state index in [9.17, 15) is 54.1 Å². The second kappa shape index (κ2) is 29.2. The maximum Gasteiger partial charge on any atom is 1.00 e. The molecular formula is C29H17N8Na5O18S5. The van der Waals surface area contributed by atoms with Gasteiger partial charge in [-0.25, -0.2) is 16.8 Å². The van der Waals surface area contributed by atoms with Gasteiger partial charge < -0.3 is 24.5 Å². The third-order valence-corrected chi connectivity index (χ3v) is 9.49. The molecule has 0 amide bonds. The molecule has 0 radical (unpaired) electrons. The van der Waals surface area contributed by atoms with Gasteiger partial charge >= 0.3 is 169 Å². The summed E-state index contributed by atoms with van der Waals surface area (Å²) < 4.78 is 159. The zero-order chi connectivity index (χ0) is 45.3. The van der Waals surface area contributed by atoms with Crippen LogP contribution >= 0.6 is 0 Å². The molecule has 0 unspecified atom stereocenters. The number of nitro groups is 1. The molecule has 0 atom stereocenters. The fraction of sp³-hybridized carbons (Fsp3) is 0.0345. The molecule has 65 heavy (non-hydrogen) atoms. The fourth-order valence-electron chi connectivity index (χ4n) is 4.50. The molecule has 3 N–H and O–H groups in total. The van der Waals surface area contributed by atoms with Crippen molar-refractivity contribution in [2.75, 3.05) is 5.73 Å². The number of aromatic hydroxyl groups is 1. The number of non-ortho nitro benzene ring substituents is 1. The monoisotopic (exact) mass is 1040 g/mol. The van der Waals surface area contributed by atoms with Gasteiger partial charge in [0.05, 0.1) is 42.4 Å². The molecule has 0 aromatic heterocycles. The van der Waals surface area contributed by atoms with Gasteiger partial charge in [-0.3, -0.25) is 18.5 Å². The van der Waals surface area contributed by atoms with Crippen LogP contribution in [0.25, 0.3) is 10.8 Å². The number of hydrogen-bond acceptors (Lipinski definition) is 25. The summed E-state index contributed by atoms with van der Waals surface area (Å²) >= 11 is 0. The molecule has 5 aromatic carbocycles. The molecule has 0 saturated heterocycles. The quantitative estimate of drug-likeness (QED) is 0.0249. The van der Waals surface area contributed by atoms with Gasteiger partial charge in [-0.2, -0.15) is 38.7 Å². The molecule has 0 aliphatic heterocycles. The van der Waals surface area contributed by atoms with Crippen LogP contribution in [-0.4, -0.2) is 74.2 Å². The van der Waals surface area contributed by atoms with E-state index in [-0.39, 0.29) is 176 Å². The van der Waals surface area contributed by atoms with E-state index in [0.717, 1.165) is 24.3 Å². The van der Waals surface area contributed by atoms with E-state index in [2.05, 4.69) is 42.8 Å². The Morgan fingerprint density at radius 2 is 1.17 bits per heavy atom. The average Bonchev–Trinajstić information content (AvgIpc) is 3.12. The van der Waals surface area contributed by atoms with Gasteiger partial charge in [-0.1, -0.05) is 12.1 Å². The topological polar surface area (TPSA) is 438 Å². The van der Waals surface area contributed by atoms with Crippen LogP contribution in [0.1, 0.15) is 5.56 Å². The van der Waals surface area contributed by atoms with Gasteiger partial charge in [-0.15, -0.1) is 53.7 Å². The van der Waals surface area contributed by atoms with Crippen molar-refractivity contribution in [2.24, 2.45) is 30.7 Å². The molecule has 0 bridgehead atoms. The zero-order valence-electron chi connectivity index (χ0n) is 34.0. The number of nitrogens with zero attached hydrogens (tertiary/aromatic N) is 7. The van der Waals surface area contributed by atoms with Crippen LogP contribution in [0, 0.1) is 29.2 Å². The summed E-state index contributed by atoms with van der Waals surface area (Å²) in [5.74, 6) is -1.19. The first-order valence-corrected chi connectivity index (χ1v) is 21.0. The Labute approximate surface area is 481 Å². The standard InChI is InChI=1S/C29H20N8O12S3.5Na.2O3S/c1-15-12-17(32-34-21-4-2-3-5-23(21)50(41,42)43)8-11-20(15)33-35-22-14-24(51(44,45)46)19-13-25(52(47,48)49)28(29(38)26(19)27(22)30)36-31-16-6-9-18(10-7-16)37(39)40;;;;;;2*1-4(2)3/h2,4-6,8-14,38H,30H2,1H3,(H,41,42,43)(H,44,45,46)(H,47,48,49);;;;;;;/q-2;5*+1;;/p-3. The molecule has 0 aliphatic carbocycles. The minimum atomic E-state index is -5.54. The maximum atomic E-state index is 12.3. The summed E-state index contributed by atoms with van der Waals surface area (Å²) in [7, 11) is -22.1. The SMILES string of the molecule is Cc1cc(N=Nc2cc[c-]cc2S(=O)(=O)[O-])ccc1N=Nc1cc(S(=O)(=O)[O-])c2cc(S(=O)(=O)[O-])c(N=Nc3[c-]cc([N+](=O)[O-])cc3)c(O)c2c1N.O=S(=O)=O.O=S(=O)=O.[Na+].[Na+].[Na+].[Na+].[Na+]. The fourth-order valence-corrected chi connectivity index (χ4v) is 6.40. The number of azo groups is 3. The van der Waals surface area contributed by atoms with Crippen LogP contribution < -0.4 is 154 Å². The molecule has 0 aliphatic rings. The van der Waals surface area contributed by atoms with Crippen LogP contribution in [0.4, 0.5) is 45.5 Å². The Morgan fingerprint density at radius 3 is 1.65 bits per heavy atom. The maximum absolute atomic E-state index is 12.3. The van der Waals surface area contributed by atoms with E-state index in [0.29, 0.717) is 17.7 Å².